The number of thioether (sulfide) groups is 1. The monoisotopic (exact) mass is 332 g/mol. The van der Waals surface area contributed by atoms with Crippen molar-refractivity contribution in [3.63, 3.8) is 0 Å². The van der Waals surface area contributed by atoms with Gasteiger partial charge in [-0.3, -0.25) is 9.69 Å². The number of rotatable bonds is 3. The predicted octanol–water partition coefficient (Wildman–Crippen LogP) is 2.48. The molecule has 2 aromatic rings. The standard InChI is InChI=1S/C16H12ClNO3S/c17-12-6-4-10(5-7-12)15-18(14(19)9-22-15)13-3-1-2-11(8-13)16(20)21/h1-8,15H,9H2,(H,20,21)/p-1. The van der Waals surface area contributed by atoms with E-state index in [1.54, 1.807) is 29.2 Å². The molecule has 1 amide bonds. The molecule has 1 atom stereocenters. The van der Waals surface area contributed by atoms with E-state index in [4.69, 9.17) is 11.6 Å². The molecule has 0 aliphatic carbocycles. The van der Waals surface area contributed by atoms with Crippen molar-refractivity contribution in [2.24, 2.45) is 0 Å². The number of aromatic carboxylic acids is 1. The van der Waals surface area contributed by atoms with Gasteiger partial charge in [-0.1, -0.05) is 35.9 Å². The van der Waals surface area contributed by atoms with Crippen molar-refractivity contribution < 1.29 is 14.7 Å². The van der Waals surface area contributed by atoms with Gasteiger partial charge < -0.3 is 9.90 Å². The lowest BCUT2D eigenvalue weighted by Gasteiger charge is -2.25. The van der Waals surface area contributed by atoms with Crippen LogP contribution < -0.4 is 10.0 Å². The minimum absolute atomic E-state index is 0.0528. The zero-order valence-corrected chi connectivity index (χ0v) is 12.9. The SMILES string of the molecule is O=C([O-])c1cccc(N2C(=O)CSC2c2ccc(Cl)cc2)c1. The average Bonchev–Trinajstić information content (AvgIpc) is 2.90. The number of hydrogen-bond donors (Lipinski definition) is 0. The van der Waals surface area contributed by atoms with E-state index in [2.05, 4.69) is 0 Å². The van der Waals surface area contributed by atoms with Gasteiger partial charge in [-0.25, -0.2) is 0 Å². The van der Waals surface area contributed by atoms with Gasteiger partial charge in [-0.15, -0.1) is 11.8 Å². The Balaban J connectivity index is 1.99. The van der Waals surface area contributed by atoms with Gasteiger partial charge in [0, 0.05) is 10.7 Å². The van der Waals surface area contributed by atoms with E-state index in [0.717, 1.165) is 5.56 Å². The lowest BCUT2D eigenvalue weighted by Crippen LogP contribution is -2.28. The van der Waals surface area contributed by atoms with E-state index in [1.165, 1.54) is 23.9 Å². The first-order chi connectivity index (χ1) is 10.6. The molecule has 1 aliphatic rings. The summed E-state index contributed by atoms with van der Waals surface area (Å²) in [6.45, 7) is 0. The van der Waals surface area contributed by atoms with Crippen LogP contribution in [0.2, 0.25) is 5.02 Å². The van der Waals surface area contributed by atoms with Crippen molar-refractivity contribution in [2.75, 3.05) is 10.7 Å². The minimum Gasteiger partial charge on any atom is -0.545 e. The second-order valence-corrected chi connectivity index (χ2v) is 6.32. The van der Waals surface area contributed by atoms with Crippen molar-refractivity contribution in [1.29, 1.82) is 0 Å². The molecule has 2 aromatic carbocycles. The Morgan fingerprint density at radius 2 is 1.95 bits per heavy atom. The quantitative estimate of drug-likeness (QED) is 0.866. The van der Waals surface area contributed by atoms with E-state index in [-0.39, 0.29) is 16.8 Å². The smallest absolute Gasteiger partial charge is 0.238 e. The van der Waals surface area contributed by atoms with Gasteiger partial charge in [0.05, 0.1) is 11.7 Å². The Morgan fingerprint density at radius 3 is 2.64 bits per heavy atom. The molecule has 112 valence electrons. The van der Waals surface area contributed by atoms with Crippen molar-refractivity contribution in [3.05, 3.63) is 64.7 Å². The minimum atomic E-state index is -1.26. The predicted molar refractivity (Wildman–Crippen MR) is 84.9 cm³/mol. The van der Waals surface area contributed by atoms with E-state index in [1.807, 2.05) is 12.1 Å². The molecule has 22 heavy (non-hydrogen) atoms. The molecule has 1 unspecified atom stereocenters. The van der Waals surface area contributed by atoms with Crippen molar-refractivity contribution in [1.82, 2.24) is 0 Å². The number of carbonyl (C=O) groups excluding carboxylic acids is 2. The number of benzene rings is 2. The van der Waals surface area contributed by atoms with Crippen LogP contribution in [0, 0.1) is 0 Å². The first-order valence-corrected chi connectivity index (χ1v) is 7.99. The van der Waals surface area contributed by atoms with Crippen LogP contribution in [-0.4, -0.2) is 17.6 Å². The highest BCUT2D eigenvalue weighted by Gasteiger charge is 2.34. The van der Waals surface area contributed by atoms with E-state index in [9.17, 15) is 14.7 Å². The van der Waals surface area contributed by atoms with Crippen LogP contribution in [0.15, 0.2) is 48.5 Å². The number of carboxylic acid groups (broad SMARTS) is 1. The third-order valence-electron chi connectivity index (χ3n) is 3.38. The summed E-state index contributed by atoms with van der Waals surface area (Å²) >= 11 is 7.39. The molecular weight excluding hydrogens is 322 g/mol. The Hall–Kier alpha value is -1.98. The zero-order chi connectivity index (χ0) is 15.7. The number of anilines is 1. The number of halogens is 1. The van der Waals surface area contributed by atoms with Crippen LogP contribution in [-0.2, 0) is 4.79 Å². The molecule has 0 aromatic heterocycles. The fourth-order valence-corrected chi connectivity index (χ4v) is 3.66. The summed E-state index contributed by atoms with van der Waals surface area (Å²) in [6, 6.07) is 13.5. The molecule has 0 radical (unpaired) electrons. The molecule has 1 aliphatic heterocycles. The largest absolute Gasteiger partial charge is 0.545 e. The summed E-state index contributed by atoms with van der Waals surface area (Å²) in [6.07, 6.45) is 0. The van der Waals surface area contributed by atoms with Crippen LogP contribution in [0.1, 0.15) is 21.3 Å². The molecule has 6 heteroatoms. The molecule has 0 saturated carbocycles. The topological polar surface area (TPSA) is 60.4 Å². The molecule has 1 fully saturated rings. The highest BCUT2D eigenvalue weighted by Crippen LogP contribution is 2.42. The highest BCUT2D eigenvalue weighted by atomic mass is 35.5. The first kappa shape index (κ1) is 14.9. The molecule has 0 bridgehead atoms. The van der Waals surface area contributed by atoms with Gasteiger partial charge in [-0.05, 0) is 35.4 Å². The van der Waals surface area contributed by atoms with Crippen LogP contribution in [0.5, 0.6) is 0 Å². The lowest BCUT2D eigenvalue weighted by molar-refractivity contribution is -0.255. The highest BCUT2D eigenvalue weighted by molar-refractivity contribution is 8.00. The molecule has 0 N–H and O–H groups in total. The second kappa shape index (κ2) is 6.02. The maximum Gasteiger partial charge on any atom is 0.238 e. The third-order valence-corrected chi connectivity index (χ3v) is 4.85. The molecule has 4 nitrogen and oxygen atoms in total. The summed E-state index contributed by atoms with van der Waals surface area (Å²) in [5.41, 5.74) is 1.55. The maximum atomic E-state index is 12.2. The molecule has 3 rings (SSSR count). The Labute approximate surface area is 136 Å². The van der Waals surface area contributed by atoms with Gasteiger partial charge in [-0.2, -0.15) is 0 Å². The van der Waals surface area contributed by atoms with Crippen molar-refractivity contribution in [3.8, 4) is 0 Å². The molecule has 0 spiro atoms. The normalized spacial score (nSPS) is 17.8. The van der Waals surface area contributed by atoms with Gasteiger partial charge >= 0.3 is 0 Å². The van der Waals surface area contributed by atoms with Gasteiger partial charge in [0.15, 0.2) is 0 Å². The lowest BCUT2D eigenvalue weighted by atomic mass is 10.1. The number of nitrogens with zero attached hydrogens (tertiary/aromatic N) is 1. The van der Waals surface area contributed by atoms with E-state index in [0.29, 0.717) is 16.5 Å². The van der Waals surface area contributed by atoms with Gasteiger partial charge in [0.1, 0.15) is 5.37 Å². The number of carbonyl (C=O) groups is 2. The first-order valence-electron chi connectivity index (χ1n) is 6.57. The van der Waals surface area contributed by atoms with Gasteiger partial charge in [0.25, 0.3) is 0 Å². The summed E-state index contributed by atoms with van der Waals surface area (Å²) in [7, 11) is 0. The van der Waals surface area contributed by atoms with Crippen molar-refractivity contribution >= 4 is 40.9 Å². The number of carboxylic acids is 1. The maximum absolute atomic E-state index is 12.2. The van der Waals surface area contributed by atoms with Crippen LogP contribution in [0.4, 0.5) is 5.69 Å². The van der Waals surface area contributed by atoms with Gasteiger partial charge in [0.2, 0.25) is 5.91 Å². The molecular formula is C16H11ClNO3S-. The molecule has 1 heterocycles. The number of hydrogen-bond acceptors (Lipinski definition) is 4. The van der Waals surface area contributed by atoms with Crippen LogP contribution in [0.25, 0.3) is 0 Å². The Kier molecular flexibility index (Phi) is 4.09. The Bertz CT molecular complexity index is 732. The summed E-state index contributed by atoms with van der Waals surface area (Å²) in [5.74, 6) is -0.965. The Morgan fingerprint density at radius 1 is 1.23 bits per heavy atom. The fourth-order valence-electron chi connectivity index (χ4n) is 2.36. The summed E-state index contributed by atoms with van der Waals surface area (Å²) in [4.78, 5) is 24.8. The third kappa shape index (κ3) is 2.82. The number of amides is 1. The van der Waals surface area contributed by atoms with Crippen molar-refractivity contribution in [2.45, 2.75) is 5.37 Å². The fraction of sp³-hybridized carbons (Fsp3) is 0.125. The summed E-state index contributed by atoms with van der Waals surface area (Å²) in [5, 5.41) is 11.4. The molecule has 1 saturated heterocycles. The van der Waals surface area contributed by atoms with Crippen LogP contribution >= 0.6 is 23.4 Å². The van der Waals surface area contributed by atoms with E-state index >= 15 is 0 Å². The van der Waals surface area contributed by atoms with Crippen LogP contribution in [0.3, 0.4) is 0 Å². The second-order valence-electron chi connectivity index (χ2n) is 4.82. The van der Waals surface area contributed by atoms with E-state index < -0.39 is 5.97 Å². The zero-order valence-electron chi connectivity index (χ0n) is 11.4. The summed E-state index contributed by atoms with van der Waals surface area (Å²) < 4.78 is 0. The average molecular weight is 333 g/mol.